The van der Waals surface area contributed by atoms with Crippen LogP contribution in [0.15, 0.2) is 12.4 Å². The fourth-order valence-electron chi connectivity index (χ4n) is 2.44. The average Bonchev–Trinajstić information content (AvgIpc) is 2.97. The predicted octanol–water partition coefficient (Wildman–Crippen LogP) is 1.56. The molecule has 1 N–H and O–H groups in total. The number of nitrogens with zero attached hydrogens (tertiary/aromatic N) is 2. The van der Waals surface area contributed by atoms with Crippen LogP contribution in [-0.2, 0) is 16.6 Å². The molecule has 0 bridgehead atoms. The fourth-order valence-corrected chi connectivity index (χ4v) is 2.44. The summed E-state index contributed by atoms with van der Waals surface area (Å²) < 4.78 is 6.85. The molecule has 0 saturated heterocycles. The summed E-state index contributed by atoms with van der Waals surface area (Å²) in [6.45, 7) is 2.23. The second-order valence-corrected chi connectivity index (χ2v) is 4.78. The van der Waals surface area contributed by atoms with Gasteiger partial charge in [-0.05, 0) is 19.8 Å². The first-order valence-electron chi connectivity index (χ1n) is 6.62. The predicted molar refractivity (Wildman–Crippen MR) is 68.0 cm³/mol. The molecule has 0 spiro atoms. The van der Waals surface area contributed by atoms with E-state index in [9.17, 15) is 4.79 Å². The molecule has 1 atom stereocenters. The van der Waals surface area contributed by atoms with Crippen molar-refractivity contribution in [2.75, 3.05) is 6.61 Å². The Morgan fingerprint density at radius 3 is 2.89 bits per heavy atom. The van der Waals surface area contributed by atoms with E-state index in [1.807, 2.05) is 20.2 Å². The van der Waals surface area contributed by atoms with E-state index < -0.39 is 0 Å². The van der Waals surface area contributed by atoms with Crippen molar-refractivity contribution in [1.29, 1.82) is 0 Å². The molecule has 0 amide bonds. The minimum atomic E-state index is -0.387. The van der Waals surface area contributed by atoms with Crippen molar-refractivity contribution in [3.8, 4) is 0 Å². The first kappa shape index (κ1) is 13.1. The zero-order valence-electron chi connectivity index (χ0n) is 11.1. The lowest BCUT2D eigenvalue weighted by molar-refractivity contribution is -0.146. The van der Waals surface area contributed by atoms with E-state index >= 15 is 0 Å². The van der Waals surface area contributed by atoms with Crippen LogP contribution < -0.4 is 5.32 Å². The SMILES string of the molecule is CCOC(=O)C(NC1CCCC1)c1cnn(C)c1. The van der Waals surface area contributed by atoms with E-state index in [-0.39, 0.29) is 12.0 Å². The zero-order chi connectivity index (χ0) is 13.0. The Hall–Kier alpha value is -1.36. The summed E-state index contributed by atoms with van der Waals surface area (Å²) in [6.07, 6.45) is 8.33. The van der Waals surface area contributed by atoms with Gasteiger partial charge in [0.1, 0.15) is 6.04 Å². The molecular formula is C13H21N3O2. The van der Waals surface area contributed by atoms with Gasteiger partial charge in [0, 0.05) is 24.8 Å². The summed E-state index contributed by atoms with van der Waals surface area (Å²) in [5, 5.41) is 7.53. The summed E-state index contributed by atoms with van der Waals surface area (Å²) in [7, 11) is 1.85. The molecule has 1 aromatic heterocycles. The Bertz CT molecular complexity index is 397. The van der Waals surface area contributed by atoms with Gasteiger partial charge in [-0.25, -0.2) is 4.79 Å². The molecule has 18 heavy (non-hydrogen) atoms. The van der Waals surface area contributed by atoms with E-state index in [4.69, 9.17) is 4.74 Å². The van der Waals surface area contributed by atoms with Gasteiger partial charge in [-0.15, -0.1) is 0 Å². The number of esters is 1. The molecule has 5 nitrogen and oxygen atoms in total. The van der Waals surface area contributed by atoms with Crippen LogP contribution >= 0.6 is 0 Å². The molecule has 1 saturated carbocycles. The highest BCUT2D eigenvalue weighted by Gasteiger charge is 2.27. The van der Waals surface area contributed by atoms with E-state index in [2.05, 4.69) is 10.4 Å². The molecule has 0 aliphatic heterocycles. The van der Waals surface area contributed by atoms with Crippen LogP contribution in [-0.4, -0.2) is 28.4 Å². The summed E-state index contributed by atoms with van der Waals surface area (Å²) in [5.74, 6) is -0.211. The Labute approximate surface area is 108 Å². The van der Waals surface area contributed by atoms with Crippen molar-refractivity contribution in [3.05, 3.63) is 18.0 Å². The van der Waals surface area contributed by atoms with E-state index in [1.165, 1.54) is 12.8 Å². The first-order valence-corrected chi connectivity index (χ1v) is 6.62. The van der Waals surface area contributed by atoms with Crippen LogP contribution in [0.1, 0.15) is 44.2 Å². The van der Waals surface area contributed by atoms with Gasteiger partial charge in [-0.3, -0.25) is 10.00 Å². The third kappa shape index (κ3) is 3.10. The van der Waals surface area contributed by atoms with Crippen LogP contribution in [0.3, 0.4) is 0 Å². The molecule has 1 aliphatic carbocycles. The Balaban J connectivity index is 2.08. The average molecular weight is 251 g/mol. The molecule has 1 heterocycles. The topological polar surface area (TPSA) is 56.1 Å². The van der Waals surface area contributed by atoms with Gasteiger partial charge < -0.3 is 4.74 Å². The van der Waals surface area contributed by atoms with Gasteiger partial charge in [0.15, 0.2) is 0 Å². The van der Waals surface area contributed by atoms with Crippen LogP contribution in [0.25, 0.3) is 0 Å². The van der Waals surface area contributed by atoms with Crippen LogP contribution in [0.4, 0.5) is 0 Å². The minimum absolute atomic E-state index is 0.211. The normalized spacial score (nSPS) is 17.9. The maximum atomic E-state index is 12.0. The lowest BCUT2D eigenvalue weighted by Crippen LogP contribution is -2.36. The zero-order valence-corrected chi connectivity index (χ0v) is 11.1. The molecule has 5 heteroatoms. The molecular weight excluding hydrogens is 230 g/mol. The van der Waals surface area contributed by atoms with Crippen molar-refractivity contribution >= 4 is 5.97 Å². The highest BCUT2D eigenvalue weighted by Crippen LogP contribution is 2.22. The lowest BCUT2D eigenvalue weighted by Gasteiger charge is -2.20. The van der Waals surface area contributed by atoms with Gasteiger partial charge in [0.05, 0.1) is 12.8 Å². The van der Waals surface area contributed by atoms with Crippen molar-refractivity contribution in [2.45, 2.75) is 44.7 Å². The Kier molecular flexibility index (Phi) is 4.36. The summed E-state index contributed by atoms with van der Waals surface area (Å²) >= 11 is 0. The fraction of sp³-hybridized carbons (Fsp3) is 0.692. The molecule has 2 rings (SSSR count). The van der Waals surface area contributed by atoms with E-state index in [1.54, 1.807) is 10.9 Å². The highest BCUT2D eigenvalue weighted by molar-refractivity contribution is 5.77. The Morgan fingerprint density at radius 2 is 2.33 bits per heavy atom. The molecule has 1 unspecified atom stereocenters. The van der Waals surface area contributed by atoms with Gasteiger partial charge in [0.2, 0.25) is 0 Å². The summed E-state index contributed by atoms with van der Waals surface area (Å²) in [5.41, 5.74) is 0.878. The van der Waals surface area contributed by atoms with Gasteiger partial charge in [0.25, 0.3) is 0 Å². The quantitative estimate of drug-likeness (QED) is 0.807. The van der Waals surface area contributed by atoms with Gasteiger partial charge >= 0.3 is 5.97 Å². The van der Waals surface area contributed by atoms with Crippen molar-refractivity contribution in [1.82, 2.24) is 15.1 Å². The highest BCUT2D eigenvalue weighted by atomic mass is 16.5. The molecule has 0 aromatic carbocycles. The largest absolute Gasteiger partial charge is 0.465 e. The first-order chi connectivity index (χ1) is 8.70. The number of carbonyl (C=O) groups is 1. The maximum Gasteiger partial charge on any atom is 0.327 e. The molecule has 1 aliphatic rings. The second-order valence-electron chi connectivity index (χ2n) is 4.78. The summed E-state index contributed by atoms with van der Waals surface area (Å²) in [6, 6.07) is 0.0290. The molecule has 0 radical (unpaired) electrons. The summed E-state index contributed by atoms with van der Waals surface area (Å²) in [4.78, 5) is 12.0. The van der Waals surface area contributed by atoms with Gasteiger partial charge in [-0.1, -0.05) is 12.8 Å². The number of aromatic nitrogens is 2. The van der Waals surface area contributed by atoms with E-state index in [0.717, 1.165) is 18.4 Å². The monoisotopic (exact) mass is 251 g/mol. The van der Waals surface area contributed by atoms with Crippen molar-refractivity contribution in [3.63, 3.8) is 0 Å². The number of nitrogens with one attached hydrogen (secondary N) is 1. The number of rotatable bonds is 5. The smallest absolute Gasteiger partial charge is 0.327 e. The van der Waals surface area contributed by atoms with E-state index in [0.29, 0.717) is 12.6 Å². The van der Waals surface area contributed by atoms with Crippen molar-refractivity contribution < 1.29 is 9.53 Å². The molecule has 100 valence electrons. The van der Waals surface area contributed by atoms with Crippen LogP contribution in [0.2, 0.25) is 0 Å². The maximum absolute atomic E-state index is 12.0. The number of ether oxygens (including phenoxy) is 1. The minimum Gasteiger partial charge on any atom is -0.465 e. The number of hydrogen-bond acceptors (Lipinski definition) is 4. The number of carbonyl (C=O) groups excluding carboxylic acids is 1. The lowest BCUT2D eigenvalue weighted by atomic mass is 10.1. The molecule has 1 fully saturated rings. The third-order valence-electron chi connectivity index (χ3n) is 3.34. The third-order valence-corrected chi connectivity index (χ3v) is 3.34. The van der Waals surface area contributed by atoms with Crippen LogP contribution in [0, 0.1) is 0 Å². The van der Waals surface area contributed by atoms with Crippen molar-refractivity contribution in [2.24, 2.45) is 7.05 Å². The van der Waals surface area contributed by atoms with Gasteiger partial charge in [-0.2, -0.15) is 5.10 Å². The Morgan fingerprint density at radius 1 is 1.61 bits per heavy atom. The standard InChI is InChI=1S/C13H21N3O2/c1-3-18-13(17)12(10-8-14-16(2)9-10)15-11-6-4-5-7-11/h8-9,11-12,15H,3-7H2,1-2H3. The second kappa shape index (κ2) is 6.00. The van der Waals surface area contributed by atoms with Crippen LogP contribution in [0.5, 0.6) is 0 Å². The molecule has 1 aromatic rings. The number of aryl methyl sites for hydroxylation is 1. The number of hydrogen-bond donors (Lipinski definition) is 1.